The number of nitrogens with zero attached hydrogens (tertiary/aromatic N) is 1. The number of nitrogens with one attached hydrogen (secondary N) is 1. The number of anilines is 1. The molecule has 0 saturated carbocycles. The lowest BCUT2D eigenvalue weighted by molar-refractivity contribution is -0.121. The summed E-state index contributed by atoms with van der Waals surface area (Å²) in [5, 5.41) is 12.6. The maximum absolute atomic E-state index is 12.0. The Morgan fingerprint density at radius 2 is 2.25 bits per heavy atom. The molecule has 1 saturated heterocycles. The van der Waals surface area contributed by atoms with E-state index in [0.717, 1.165) is 29.9 Å². The van der Waals surface area contributed by atoms with Crippen LogP contribution in [0.5, 0.6) is 0 Å². The summed E-state index contributed by atoms with van der Waals surface area (Å²) < 4.78 is 10.8. The van der Waals surface area contributed by atoms with Gasteiger partial charge >= 0.3 is 0 Å². The third-order valence-corrected chi connectivity index (χ3v) is 4.82. The van der Waals surface area contributed by atoms with E-state index in [1.165, 1.54) is 11.3 Å². The Hall–Kier alpha value is -2.20. The second-order valence-electron chi connectivity index (χ2n) is 5.53. The minimum Gasteiger partial charge on any atom is -0.376 e. The van der Waals surface area contributed by atoms with Crippen molar-refractivity contribution in [3.63, 3.8) is 0 Å². The highest BCUT2D eigenvalue weighted by Gasteiger charge is 2.17. The molecule has 2 aromatic rings. The van der Waals surface area contributed by atoms with Crippen LogP contribution < -0.4 is 5.32 Å². The maximum atomic E-state index is 12.0. The molecular weight excluding hydrogens is 324 g/mol. The smallest absolute Gasteiger partial charge is 0.251 e. The van der Waals surface area contributed by atoms with Crippen LogP contribution in [0, 0.1) is 11.3 Å². The van der Waals surface area contributed by atoms with Crippen LogP contribution in [0.1, 0.15) is 18.4 Å². The van der Waals surface area contributed by atoms with E-state index in [-0.39, 0.29) is 18.6 Å². The van der Waals surface area contributed by atoms with Gasteiger partial charge in [-0.2, -0.15) is 5.26 Å². The van der Waals surface area contributed by atoms with Gasteiger partial charge in [0.1, 0.15) is 17.7 Å². The molecule has 0 unspecified atom stereocenters. The zero-order chi connectivity index (χ0) is 16.8. The molecule has 5 nitrogen and oxygen atoms in total. The maximum Gasteiger partial charge on any atom is 0.251 e. The van der Waals surface area contributed by atoms with Gasteiger partial charge in [-0.15, -0.1) is 11.3 Å². The van der Waals surface area contributed by atoms with Crippen LogP contribution in [-0.4, -0.2) is 31.8 Å². The second-order valence-corrected chi connectivity index (χ2v) is 6.58. The number of hydrogen-bond acceptors (Lipinski definition) is 5. The minimum atomic E-state index is -0.258. The summed E-state index contributed by atoms with van der Waals surface area (Å²) in [6.07, 6.45) is 2.12. The van der Waals surface area contributed by atoms with E-state index in [4.69, 9.17) is 9.47 Å². The fraction of sp³-hybridized carbons (Fsp3) is 0.333. The number of nitriles is 1. The van der Waals surface area contributed by atoms with E-state index < -0.39 is 0 Å². The lowest BCUT2D eigenvalue weighted by Gasteiger charge is -2.09. The summed E-state index contributed by atoms with van der Waals surface area (Å²) >= 11 is 1.39. The van der Waals surface area contributed by atoms with Crippen molar-refractivity contribution in [1.29, 1.82) is 5.26 Å². The largest absolute Gasteiger partial charge is 0.376 e. The molecule has 6 heteroatoms. The van der Waals surface area contributed by atoms with Gasteiger partial charge < -0.3 is 14.8 Å². The predicted octanol–water partition coefficient (Wildman–Crippen LogP) is 3.42. The number of carbonyl (C=O) groups excluding carboxylic acids is 1. The fourth-order valence-electron chi connectivity index (χ4n) is 2.53. The molecule has 1 amide bonds. The number of ether oxygens (including phenoxy) is 2. The minimum absolute atomic E-state index is 0.0384. The molecule has 3 rings (SSSR count). The summed E-state index contributed by atoms with van der Waals surface area (Å²) in [6, 6.07) is 13.7. The molecule has 1 fully saturated rings. The average Bonchev–Trinajstić information content (AvgIpc) is 3.25. The van der Waals surface area contributed by atoms with Crippen LogP contribution in [0.4, 0.5) is 5.00 Å². The van der Waals surface area contributed by atoms with Crippen molar-refractivity contribution in [2.45, 2.75) is 18.9 Å². The monoisotopic (exact) mass is 342 g/mol. The molecule has 0 bridgehead atoms. The first-order chi connectivity index (χ1) is 11.8. The van der Waals surface area contributed by atoms with Gasteiger partial charge in [0.05, 0.1) is 18.3 Å². The number of benzene rings is 1. The van der Waals surface area contributed by atoms with Gasteiger partial charge in [0.15, 0.2) is 0 Å². The highest BCUT2D eigenvalue weighted by atomic mass is 32.1. The Balaban J connectivity index is 1.58. The highest BCUT2D eigenvalue weighted by Crippen LogP contribution is 2.34. The Labute approximate surface area is 144 Å². The van der Waals surface area contributed by atoms with Crippen LogP contribution in [0.25, 0.3) is 10.4 Å². The Kier molecular flexibility index (Phi) is 5.59. The average molecular weight is 342 g/mol. The number of hydrogen-bond donors (Lipinski definition) is 1. The van der Waals surface area contributed by atoms with Crippen molar-refractivity contribution in [2.75, 3.05) is 25.1 Å². The van der Waals surface area contributed by atoms with Gasteiger partial charge in [-0.1, -0.05) is 30.3 Å². The van der Waals surface area contributed by atoms with E-state index in [9.17, 15) is 10.1 Å². The summed E-state index contributed by atoms with van der Waals surface area (Å²) in [6.45, 7) is 1.16. The fourth-order valence-corrected chi connectivity index (χ4v) is 3.56. The summed E-state index contributed by atoms with van der Waals surface area (Å²) in [5.74, 6) is -0.258. The molecule has 1 atom stereocenters. The quantitative estimate of drug-likeness (QED) is 0.873. The van der Waals surface area contributed by atoms with Crippen molar-refractivity contribution in [3.8, 4) is 16.5 Å². The lowest BCUT2D eigenvalue weighted by Crippen LogP contribution is -2.22. The zero-order valence-corrected chi connectivity index (χ0v) is 14.0. The molecule has 2 heterocycles. The predicted molar refractivity (Wildman–Crippen MR) is 92.9 cm³/mol. The zero-order valence-electron chi connectivity index (χ0n) is 13.2. The van der Waals surface area contributed by atoms with Crippen LogP contribution in [0.2, 0.25) is 0 Å². The van der Waals surface area contributed by atoms with E-state index in [2.05, 4.69) is 11.4 Å². The van der Waals surface area contributed by atoms with Crippen molar-refractivity contribution in [1.82, 2.24) is 0 Å². The standard InChI is InChI=1S/C18H18N2O3S/c19-10-14-9-16(13-5-2-1-3-6-13)24-18(14)20-17(21)12-22-11-15-7-4-8-23-15/h1-3,5-6,9,15H,4,7-8,11-12H2,(H,20,21)/t15-/m0/s1. The summed E-state index contributed by atoms with van der Waals surface area (Å²) in [5.41, 5.74) is 1.49. The van der Waals surface area contributed by atoms with Crippen molar-refractivity contribution >= 4 is 22.2 Å². The van der Waals surface area contributed by atoms with Gasteiger partial charge in [0.25, 0.3) is 5.91 Å². The molecule has 1 aliphatic heterocycles. The second kappa shape index (κ2) is 8.06. The molecule has 0 radical (unpaired) electrons. The van der Waals surface area contributed by atoms with Crippen LogP contribution >= 0.6 is 11.3 Å². The molecule has 1 aromatic heterocycles. The van der Waals surface area contributed by atoms with Crippen molar-refractivity contribution < 1.29 is 14.3 Å². The van der Waals surface area contributed by atoms with Crippen molar-refractivity contribution in [3.05, 3.63) is 42.0 Å². The van der Waals surface area contributed by atoms with E-state index >= 15 is 0 Å². The molecule has 1 aliphatic rings. The highest BCUT2D eigenvalue weighted by molar-refractivity contribution is 7.19. The lowest BCUT2D eigenvalue weighted by atomic mass is 10.2. The third-order valence-electron chi connectivity index (χ3n) is 3.72. The van der Waals surface area contributed by atoms with Crippen LogP contribution in [0.3, 0.4) is 0 Å². The first-order valence-corrected chi connectivity index (χ1v) is 8.66. The Morgan fingerprint density at radius 3 is 2.96 bits per heavy atom. The van der Waals surface area contributed by atoms with E-state index in [0.29, 0.717) is 17.2 Å². The van der Waals surface area contributed by atoms with Gasteiger partial charge in [0, 0.05) is 11.5 Å². The van der Waals surface area contributed by atoms with Gasteiger partial charge in [-0.3, -0.25) is 4.79 Å². The molecule has 0 aliphatic carbocycles. The van der Waals surface area contributed by atoms with Gasteiger partial charge in [-0.25, -0.2) is 0 Å². The summed E-state index contributed by atoms with van der Waals surface area (Å²) in [7, 11) is 0. The topological polar surface area (TPSA) is 71.4 Å². The SMILES string of the molecule is N#Cc1cc(-c2ccccc2)sc1NC(=O)COC[C@@H]1CCCO1. The van der Waals surface area contributed by atoms with Crippen LogP contribution in [0.15, 0.2) is 36.4 Å². The van der Waals surface area contributed by atoms with E-state index in [1.807, 2.05) is 30.3 Å². The number of carbonyl (C=O) groups is 1. The molecule has 0 spiro atoms. The summed E-state index contributed by atoms with van der Waals surface area (Å²) in [4.78, 5) is 13.0. The number of rotatable bonds is 6. The molecular formula is C18H18N2O3S. The number of thiophene rings is 1. The van der Waals surface area contributed by atoms with Crippen LogP contribution in [-0.2, 0) is 14.3 Å². The molecule has 1 aromatic carbocycles. The molecule has 1 N–H and O–H groups in total. The number of amides is 1. The van der Waals surface area contributed by atoms with Gasteiger partial charge in [0.2, 0.25) is 0 Å². The third kappa shape index (κ3) is 4.20. The first kappa shape index (κ1) is 16.7. The van der Waals surface area contributed by atoms with E-state index in [1.54, 1.807) is 6.07 Å². The van der Waals surface area contributed by atoms with Crippen molar-refractivity contribution in [2.24, 2.45) is 0 Å². The molecule has 124 valence electrons. The molecule has 24 heavy (non-hydrogen) atoms. The first-order valence-electron chi connectivity index (χ1n) is 7.85. The van der Waals surface area contributed by atoms with Gasteiger partial charge in [-0.05, 0) is 24.5 Å². The normalized spacial score (nSPS) is 16.7. The Morgan fingerprint density at radius 1 is 1.42 bits per heavy atom. The Bertz CT molecular complexity index is 730.